The maximum Gasteiger partial charge on any atom is 0.307 e. The molecule has 5 rings (SSSR count). The molecule has 32 heavy (non-hydrogen) atoms. The Morgan fingerprint density at radius 2 is 1.91 bits per heavy atom. The summed E-state index contributed by atoms with van der Waals surface area (Å²) in [7, 11) is 1.68. The molecule has 0 saturated heterocycles. The van der Waals surface area contributed by atoms with Gasteiger partial charge in [0.05, 0.1) is 13.0 Å². The summed E-state index contributed by atoms with van der Waals surface area (Å²) >= 11 is 0. The first-order valence-electron chi connectivity index (χ1n) is 12.1. The summed E-state index contributed by atoms with van der Waals surface area (Å²) < 4.78 is 5.55. The number of carbonyl (C=O) groups excluding carboxylic acids is 1. The van der Waals surface area contributed by atoms with Gasteiger partial charge in [-0.3, -0.25) is 9.59 Å². The van der Waals surface area contributed by atoms with Crippen LogP contribution < -0.4 is 4.74 Å². The van der Waals surface area contributed by atoms with Crippen LogP contribution >= 0.6 is 0 Å². The van der Waals surface area contributed by atoms with Gasteiger partial charge in [0, 0.05) is 23.6 Å². The van der Waals surface area contributed by atoms with E-state index in [1.807, 2.05) is 24.3 Å². The lowest BCUT2D eigenvalue weighted by Gasteiger charge is -2.60. The highest BCUT2D eigenvalue weighted by Crippen LogP contribution is 2.65. The van der Waals surface area contributed by atoms with Crippen LogP contribution in [0.1, 0.15) is 57.9 Å². The number of carboxylic acids is 1. The van der Waals surface area contributed by atoms with Crippen LogP contribution in [-0.4, -0.2) is 35.0 Å². The Bertz CT molecular complexity index is 957. The standard InChI is InChI=1S/C27H35NO4/c1-26-14-12-20-18(19(26)9-10-21(26)25(30)31)8-11-23-27(20,2)15-13-24(29)28(23)16-17-6-4-5-7-22(17)32-3/h4-7,13,15,18-21,23H,8-12,14,16H2,1-3H3,(H,30,31)/t18-,19-,20-,21+,23+,26-,27+/m0/s1. The third-order valence-electron chi connectivity index (χ3n) is 9.80. The van der Waals surface area contributed by atoms with E-state index in [-0.39, 0.29) is 28.7 Å². The third-order valence-corrected chi connectivity index (χ3v) is 9.80. The zero-order chi connectivity index (χ0) is 22.7. The van der Waals surface area contributed by atoms with Gasteiger partial charge in [0.2, 0.25) is 5.91 Å². The van der Waals surface area contributed by atoms with Crippen LogP contribution in [0, 0.1) is 34.5 Å². The number of benzene rings is 1. The van der Waals surface area contributed by atoms with Crippen LogP contribution in [0.4, 0.5) is 0 Å². The second kappa shape index (κ2) is 7.64. The van der Waals surface area contributed by atoms with Crippen molar-refractivity contribution < 1.29 is 19.4 Å². The average molecular weight is 438 g/mol. The number of rotatable bonds is 4. The SMILES string of the molecule is COc1ccccc1CN1C(=O)C=C[C@]2(C)[C@H]3CC[C@]4(C)[C@@H](C(=O)O)CC[C@H]4[C@@H]3CC[C@@H]12. The molecule has 1 aromatic rings. The molecular formula is C27H35NO4. The molecule has 5 nitrogen and oxygen atoms in total. The quantitative estimate of drug-likeness (QED) is 0.727. The number of methoxy groups -OCH3 is 1. The number of para-hydroxylation sites is 1. The van der Waals surface area contributed by atoms with E-state index >= 15 is 0 Å². The van der Waals surface area contributed by atoms with Gasteiger partial charge in [0.1, 0.15) is 5.75 Å². The third kappa shape index (κ3) is 3.03. The molecule has 7 atom stereocenters. The summed E-state index contributed by atoms with van der Waals surface area (Å²) in [5.41, 5.74) is 0.891. The van der Waals surface area contributed by atoms with Gasteiger partial charge in [-0.2, -0.15) is 0 Å². The molecule has 4 aliphatic rings. The Labute approximate surface area is 190 Å². The van der Waals surface area contributed by atoms with Gasteiger partial charge in [-0.05, 0) is 73.8 Å². The van der Waals surface area contributed by atoms with E-state index in [4.69, 9.17) is 4.74 Å². The zero-order valence-corrected chi connectivity index (χ0v) is 19.4. The summed E-state index contributed by atoms with van der Waals surface area (Å²) in [4.78, 5) is 27.1. The van der Waals surface area contributed by atoms with Crippen molar-refractivity contribution in [3.63, 3.8) is 0 Å². The Balaban J connectivity index is 1.44. The fourth-order valence-corrected chi connectivity index (χ4v) is 8.21. The molecule has 0 unspecified atom stereocenters. The minimum atomic E-state index is -0.612. The molecule has 0 radical (unpaired) electrons. The maximum atomic E-state index is 13.0. The highest BCUT2D eigenvalue weighted by molar-refractivity contribution is 5.89. The van der Waals surface area contributed by atoms with Crippen molar-refractivity contribution in [2.75, 3.05) is 7.11 Å². The van der Waals surface area contributed by atoms with Crippen LogP contribution in [0.5, 0.6) is 5.75 Å². The molecule has 1 aromatic carbocycles. The molecule has 0 bridgehead atoms. The molecule has 0 aromatic heterocycles. The van der Waals surface area contributed by atoms with E-state index in [0.29, 0.717) is 24.3 Å². The van der Waals surface area contributed by atoms with Gasteiger partial charge >= 0.3 is 5.97 Å². The van der Waals surface area contributed by atoms with Crippen LogP contribution in [-0.2, 0) is 16.1 Å². The molecule has 0 spiro atoms. The average Bonchev–Trinajstić information content (AvgIpc) is 3.14. The van der Waals surface area contributed by atoms with Gasteiger partial charge in [-0.15, -0.1) is 0 Å². The summed E-state index contributed by atoms with van der Waals surface area (Å²) in [6.45, 7) is 5.15. The first kappa shape index (κ1) is 21.5. The van der Waals surface area contributed by atoms with Crippen LogP contribution in [0.25, 0.3) is 0 Å². The van der Waals surface area contributed by atoms with Gasteiger partial charge in [-0.1, -0.05) is 38.1 Å². The Kier molecular flexibility index (Phi) is 5.14. The Hall–Kier alpha value is -2.30. The first-order valence-corrected chi connectivity index (χ1v) is 12.1. The monoisotopic (exact) mass is 437 g/mol. The number of hydrogen-bond donors (Lipinski definition) is 1. The second-order valence-corrected chi connectivity index (χ2v) is 11.0. The molecule has 1 N–H and O–H groups in total. The van der Waals surface area contributed by atoms with Crippen molar-refractivity contribution in [3.05, 3.63) is 42.0 Å². The minimum absolute atomic E-state index is 0.0680. The normalized spacial score (nSPS) is 40.4. The summed E-state index contributed by atoms with van der Waals surface area (Å²) in [5.74, 6) is 1.62. The van der Waals surface area contributed by atoms with Crippen LogP contribution in [0.3, 0.4) is 0 Å². The molecule has 172 valence electrons. The number of aliphatic carboxylic acids is 1. The van der Waals surface area contributed by atoms with E-state index in [1.165, 1.54) is 0 Å². The molecule has 3 fully saturated rings. The fourth-order valence-electron chi connectivity index (χ4n) is 8.21. The number of fused-ring (bicyclic) bond motifs is 5. The highest BCUT2D eigenvalue weighted by Gasteiger charge is 2.61. The van der Waals surface area contributed by atoms with Crippen molar-refractivity contribution in [3.8, 4) is 5.75 Å². The predicted octanol–water partition coefficient (Wildman–Crippen LogP) is 4.91. The summed E-state index contributed by atoms with van der Waals surface area (Å²) in [6, 6.07) is 8.13. The number of carboxylic acid groups (broad SMARTS) is 1. The molecule has 3 aliphatic carbocycles. The molecule has 5 heteroatoms. The first-order chi connectivity index (χ1) is 15.3. The summed E-state index contributed by atoms with van der Waals surface area (Å²) in [5, 5.41) is 9.83. The van der Waals surface area contributed by atoms with Gasteiger partial charge in [0.25, 0.3) is 0 Å². The summed E-state index contributed by atoms with van der Waals surface area (Å²) in [6.07, 6.45) is 9.92. The number of amides is 1. The number of carbonyl (C=O) groups is 2. The van der Waals surface area contributed by atoms with Gasteiger partial charge < -0.3 is 14.7 Å². The molecule has 1 aliphatic heterocycles. The lowest BCUT2D eigenvalue weighted by atomic mass is 9.47. The van der Waals surface area contributed by atoms with E-state index in [0.717, 1.165) is 49.8 Å². The molecule has 1 amide bonds. The number of ether oxygens (including phenoxy) is 1. The molecule has 1 heterocycles. The Morgan fingerprint density at radius 3 is 2.66 bits per heavy atom. The lowest BCUT2D eigenvalue weighted by Crippen LogP contribution is -2.60. The van der Waals surface area contributed by atoms with Crippen molar-refractivity contribution in [1.82, 2.24) is 4.90 Å². The number of nitrogens with zero attached hydrogens (tertiary/aromatic N) is 1. The zero-order valence-electron chi connectivity index (χ0n) is 19.4. The Morgan fingerprint density at radius 1 is 1.12 bits per heavy atom. The molecular weight excluding hydrogens is 402 g/mol. The van der Waals surface area contributed by atoms with E-state index < -0.39 is 5.97 Å². The second-order valence-electron chi connectivity index (χ2n) is 11.0. The van der Waals surface area contributed by atoms with Crippen LogP contribution in [0.15, 0.2) is 36.4 Å². The smallest absolute Gasteiger partial charge is 0.307 e. The molecule has 3 saturated carbocycles. The van der Waals surface area contributed by atoms with Crippen molar-refractivity contribution >= 4 is 11.9 Å². The van der Waals surface area contributed by atoms with Crippen molar-refractivity contribution in [2.45, 2.75) is 65.0 Å². The van der Waals surface area contributed by atoms with Crippen LogP contribution in [0.2, 0.25) is 0 Å². The highest BCUT2D eigenvalue weighted by atomic mass is 16.5. The minimum Gasteiger partial charge on any atom is -0.496 e. The number of hydrogen-bond acceptors (Lipinski definition) is 3. The van der Waals surface area contributed by atoms with Crippen molar-refractivity contribution in [1.29, 1.82) is 0 Å². The van der Waals surface area contributed by atoms with Crippen molar-refractivity contribution in [2.24, 2.45) is 34.5 Å². The van der Waals surface area contributed by atoms with Gasteiger partial charge in [-0.25, -0.2) is 0 Å². The van der Waals surface area contributed by atoms with E-state index in [9.17, 15) is 14.7 Å². The predicted molar refractivity (Wildman–Crippen MR) is 122 cm³/mol. The van der Waals surface area contributed by atoms with E-state index in [1.54, 1.807) is 13.2 Å². The van der Waals surface area contributed by atoms with Gasteiger partial charge in [0.15, 0.2) is 0 Å². The topological polar surface area (TPSA) is 66.8 Å². The fraction of sp³-hybridized carbons (Fsp3) is 0.630. The maximum absolute atomic E-state index is 13.0. The lowest BCUT2D eigenvalue weighted by molar-refractivity contribution is -0.153. The van der Waals surface area contributed by atoms with E-state index in [2.05, 4.69) is 24.8 Å². The largest absolute Gasteiger partial charge is 0.496 e.